The van der Waals surface area contributed by atoms with E-state index in [0.717, 1.165) is 22.3 Å². The first-order valence-corrected chi connectivity index (χ1v) is 11.6. The summed E-state index contributed by atoms with van der Waals surface area (Å²) in [6.07, 6.45) is 0.000323. The molecule has 0 bridgehead atoms. The van der Waals surface area contributed by atoms with Crippen molar-refractivity contribution < 1.29 is 29.0 Å². The highest BCUT2D eigenvalue weighted by atomic mass is 16.5. The quantitative estimate of drug-likeness (QED) is 0.619. The maximum atomic E-state index is 13.1. The van der Waals surface area contributed by atoms with Crippen molar-refractivity contribution in [2.75, 3.05) is 26.4 Å². The van der Waals surface area contributed by atoms with Crippen molar-refractivity contribution in [2.24, 2.45) is 5.92 Å². The van der Waals surface area contributed by atoms with Gasteiger partial charge in [-0.15, -0.1) is 0 Å². The summed E-state index contributed by atoms with van der Waals surface area (Å²) in [4.78, 5) is 38.4. The molecule has 2 aromatic rings. The lowest BCUT2D eigenvalue weighted by Crippen LogP contribution is -2.51. The Hall–Kier alpha value is -3.39. The Morgan fingerprint density at radius 2 is 1.71 bits per heavy atom. The van der Waals surface area contributed by atoms with Gasteiger partial charge in [-0.25, -0.2) is 4.79 Å². The Morgan fingerprint density at radius 3 is 2.29 bits per heavy atom. The van der Waals surface area contributed by atoms with Crippen LogP contribution in [-0.4, -0.2) is 66.4 Å². The second kappa shape index (κ2) is 10.3. The highest BCUT2D eigenvalue weighted by molar-refractivity contribution is 5.85. The third-order valence-corrected chi connectivity index (χ3v) is 6.76. The van der Waals surface area contributed by atoms with E-state index in [9.17, 15) is 19.5 Å². The summed E-state index contributed by atoms with van der Waals surface area (Å²) >= 11 is 0. The molecule has 0 radical (unpaired) electrons. The largest absolute Gasteiger partial charge is 0.480 e. The molecule has 3 atom stereocenters. The van der Waals surface area contributed by atoms with Crippen molar-refractivity contribution in [3.05, 3.63) is 59.7 Å². The van der Waals surface area contributed by atoms with E-state index >= 15 is 0 Å². The molecule has 0 aromatic heterocycles. The Bertz CT molecular complexity index is 1030. The molecule has 2 N–H and O–H groups in total. The van der Waals surface area contributed by atoms with Gasteiger partial charge in [0.15, 0.2) is 0 Å². The average Bonchev–Trinajstić information content (AvgIpc) is 3.42. The molecular weight excluding hydrogens is 436 g/mol. The number of alkyl carbamates (subject to hydrolysis) is 1. The standard InChI is InChI=1S/C26H30N2O6/c1-3-16(2)28(12-24(29)30)25(31)22-13-33-15-23(22)27-26(32)34-14-21-19-10-6-4-8-17(19)18-9-5-7-11-20(18)21/h4-11,16,21-23H,3,12-15H2,1-2H3,(H,27,32)(H,29,30). The van der Waals surface area contributed by atoms with Gasteiger partial charge in [0, 0.05) is 12.0 Å². The first-order valence-electron chi connectivity index (χ1n) is 11.6. The zero-order chi connectivity index (χ0) is 24.2. The Balaban J connectivity index is 1.40. The smallest absolute Gasteiger partial charge is 0.407 e. The highest BCUT2D eigenvalue weighted by Gasteiger charge is 2.39. The predicted octanol–water partition coefficient (Wildman–Crippen LogP) is 3.25. The maximum Gasteiger partial charge on any atom is 0.407 e. The number of carbonyl (C=O) groups excluding carboxylic acids is 2. The summed E-state index contributed by atoms with van der Waals surface area (Å²) in [6, 6.07) is 15.4. The monoisotopic (exact) mass is 466 g/mol. The molecule has 1 aliphatic carbocycles. The van der Waals surface area contributed by atoms with Crippen LogP contribution < -0.4 is 5.32 Å². The van der Waals surface area contributed by atoms with Gasteiger partial charge in [-0.1, -0.05) is 55.5 Å². The summed E-state index contributed by atoms with van der Waals surface area (Å²) in [5.74, 6) is -2.13. The van der Waals surface area contributed by atoms with E-state index in [0.29, 0.717) is 6.42 Å². The zero-order valence-electron chi connectivity index (χ0n) is 19.4. The lowest BCUT2D eigenvalue weighted by Gasteiger charge is -2.31. The summed E-state index contributed by atoms with van der Waals surface area (Å²) < 4.78 is 11.1. The number of carbonyl (C=O) groups is 3. The van der Waals surface area contributed by atoms with Gasteiger partial charge in [0.05, 0.1) is 25.2 Å². The third-order valence-electron chi connectivity index (χ3n) is 6.76. The van der Waals surface area contributed by atoms with Crippen LogP contribution in [0.5, 0.6) is 0 Å². The van der Waals surface area contributed by atoms with Crippen LogP contribution in [0.25, 0.3) is 11.1 Å². The van der Waals surface area contributed by atoms with Crippen LogP contribution in [0.1, 0.15) is 37.3 Å². The van der Waals surface area contributed by atoms with Gasteiger partial charge in [-0.05, 0) is 35.6 Å². The topological polar surface area (TPSA) is 105 Å². The number of aliphatic carboxylic acids is 1. The van der Waals surface area contributed by atoms with Crippen molar-refractivity contribution in [3.8, 4) is 11.1 Å². The van der Waals surface area contributed by atoms with Gasteiger partial charge < -0.3 is 24.8 Å². The van der Waals surface area contributed by atoms with Gasteiger partial charge >= 0.3 is 12.1 Å². The molecule has 8 nitrogen and oxygen atoms in total. The minimum absolute atomic E-state index is 0.0631. The molecule has 180 valence electrons. The van der Waals surface area contributed by atoms with Crippen molar-refractivity contribution in [3.63, 3.8) is 0 Å². The Kier molecular flexibility index (Phi) is 7.17. The van der Waals surface area contributed by atoms with Crippen molar-refractivity contribution in [1.29, 1.82) is 0 Å². The second-order valence-electron chi connectivity index (χ2n) is 8.84. The van der Waals surface area contributed by atoms with E-state index in [-0.39, 0.29) is 44.2 Å². The van der Waals surface area contributed by atoms with Crippen molar-refractivity contribution in [1.82, 2.24) is 10.2 Å². The number of hydrogen-bond donors (Lipinski definition) is 2. The molecule has 2 aliphatic rings. The lowest BCUT2D eigenvalue weighted by molar-refractivity contribution is -0.148. The van der Waals surface area contributed by atoms with E-state index in [1.807, 2.05) is 50.2 Å². The molecular formula is C26H30N2O6. The number of fused-ring (bicyclic) bond motifs is 3. The van der Waals surface area contributed by atoms with Crippen molar-refractivity contribution >= 4 is 18.0 Å². The number of carboxylic acids is 1. The van der Waals surface area contributed by atoms with E-state index < -0.39 is 24.0 Å². The minimum Gasteiger partial charge on any atom is -0.480 e. The third kappa shape index (κ3) is 4.77. The summed E-state index contributed by atoms with van der Waals surface area (Å²) in [7, 11) is 0. The number of carboxylic acid groups (broad SMARTS) is 1. The first kappa shape index (κ1) is 23.8. The summed E-state index contributed by atoms with van der Waals surface area (Å²) in [6.45, 7) is 3.78. The maximum absolute atomic E-state index is 13.1. The number of ether oxygens (including phenoxy) is 2. The number of nitrogens with zero attached hydrogens (tertiary/aromatic N) is 1. The Morgan fingerprint density at radius 1 is 1.09 bits per heavy atom. The van der Waals surface area contributed by atoms with Crippen LogP contribution in [0, 0.1) is 5.92 Å². The van der Waals surface area contributed by atoms with Gasteiger partial charge in [-0.3, -0.25) is 9.59 Å². The molecule has 1 aliphatic heterocycles. The molecule has 1 heterocycles. The fourth-order valence-electron chi connectivity index (χ4n) is 4.76. The second-order valence-corrected chi connectivity index (χ2v) is 8.84. The van der Waals surface area contributed by atoms with Crippen molar-refractivity contribution in [2.45, 2.75) is 38.3 Å². The minimum atomic E-state index is -1.08. The molecule has 34 heavy (non-hydrogen) atoms. The number of rotatable bonds is 8. The van der Waals surface area contributed by atoms with Gasteiger partial charge in [-0.2, -0.15) is 0 Å². The normalized spacial score (nSPS) is 19.7. The van der Waals surface area contributed by atoms with Crippen LogP contribution in [0.4, 0.5) is 4.79 Å². The summed E-state index contributed by atoms with van der Waals surface area (Å²) in [5.41, 5.74) is 4.52. The zero-order valence-corrected chi connectivity index (χ0v) is 19.4. The van der Waals surface area contributed by atoms with Crippen LogP contribution in [-0.2, 0) is 19.1 Å². The SMILES string of the molecule is CCC(C)N(CC(=O)O)C(=O)C1COCC1NC(=O)OCC1c2ccccc2-c2ccccc21. The van der Waals surface area contributed by atoms with E-state index in [4.69, 9.17) is 9.47 Å². The molecule has 0 spiro atoms. The fraction of sp³-hybridized carbons (Fsp3) is 0.423. The lowest BCUT2D eigenvalue weighted by atomic mass is 9.98. The number of nitrogens with one attached hydrogen (secondary N) is 1. The van der Waals surface area contributed by atoms with Crippen LogP contribution >= 0.6 is 0 Å². The van der Waals surface area contributed by atoms with E-state index in [1.54, 1.807) is 0 Å². The van der Waals surface area contributed by atoms with E-state index in [2.05, 4.69) is 17.4 Å². The van der Waals surface area contributed by atoms with Crippen LogP contribution in [0.2, 0.25) is 0 Å². The van der Waals surface area contributed by atoms with Gasteiger partial charge in [0.1, 0.15) is 13.2 Å². The van der Waals surface area contributed by atoms with Crippen LogP contribution in [0.15, 0.2) is 48.5 Å². The number of amides is 2. The van der Waals surface area contributed by atoms with E-state index in [1.165, 1.54) is 4.90 Å². The number of benzene rings is 2. The molecule has 2 amide bonds. The molecule has 0 saturated carbocycles. The average molecular weight is 467 g/mol. The van der Waals surface area contributed by atoms with Gasteiger partial charge in [0.25, 0.3) is 0 Å². The van der Waals surface area contributed by atoms with Gasteiger partial charge in [0.2, 0.25) is 5.91 Å². The fourth-order valence-corrected chi connectivity index (χ4v) is 4.76. The molecule has 4 rings (SSSR count). The molecule has 2 aromatic carbocycles. The Labute approximate surface area is 198 Å². The number of hydrogen-bond acceptors (Lipinski definition) is 5. The highest BCUT2D eigenvalue weighted by Crippen LogP contribution is 2.44. The molecule has 1 fully saturated rings. The van der Waals surface area contributed by atoms with Crippen LogP contribution in [0.3, 0.4) is 0 Å². The molecule has 3 unspecified atom stereocenters. The predicted molar refractivity (Wildman–Crippen MR) is 125 cm³/mol. The first-order chi connectivity index (χ1) is 16.4. The summed E-state index contributed by atoms with van der Waals surface area (Å²) in [5, 5.41) is 12.0. The molecule has 1 saturated heterocycles. The molecule has 8 heteroatoms.